The fraction of sp³-hybridized carbons (Fsp3) is 0.167. The molecule has 0 aliphatic heterocycles. The minimum atomic E-state index is -0.360. The Bertz CT molecular complexity index is 1180. The first-order valence-electron chi connectivity index (χ1n) is 9.89. The van der Waals surface area contributed by atoms with Crippen molar-refractivity contribution in [2.45, 2.75) is 17.5 Å². The maximum atomic E-state index is 14.7. The third-order valence-electron chi connectivity index (χ3n) is 4.72. The molecule has 0 unspecified atom stereocenters. The number of hydrogen-bond acceptors (Lipinski definition) is 6. The van der Waals surface area contributed by atoms with Gasteiger partial charge in [-0.05, 0) is 54.1 Å². The monoisotopic (exact) mass is 451 g/mol. The van der Waals surface area contributed by atoms with Crippen LogP contribution in [0.2, 0.25) is 0 Å². The molecule has 0 amide bonds. The summed E-state index contributed by atoms with van der Waals surface area (Å²) in [6, 6.07) is 21.6. The number of thioether (sulfide) groups is 1. The fourth-order valence-electron chi connectivity index (χ4n) is 3.09. The average molecular weight is 452 g/mol. The van der Waals surface area contributed by atoms with Gasteiger partial charge in [-0.2, -0.15) is 0 Å². The van der Waals surface area contributed by atoms with Gasteiger partial charge in [-0.3, -0.25) is 4.57 Å². The number of aromatic nitrogens is 3. The molecule has 0 fully saturated rings. The van der Waals surface area contributed by atoms with Crippen LogP contribution in [0.4, 0.5) is 4.39 Å². The normalized spacial score (nSPS) is 10.7. The highest BCUT2D eigenvalue weighted by Crippen LogP contribution is 2.28. The average Bonchev–Trinajstić information content (AvgIpc) is 3.24. The highest BCUT2D eigenvalue weighted by atomic mass is 32.2. The summed E-state index contributed by atoms with van der Waals surface area (Å²) in [6.45, 7) is 0.132. The molecule has 0 N–H and O–H groups in total. The maximum Gasteiger partial charge on any atom is 0.196 e. The van der Waals surface area contributed by atoms with Gasteiger partial charge < -0.3 is 14.2 Å². The number of para-hydroxylation sites is 1. The van der Waals surface area contributed by atoms with E-state index in [2.05, 4.69) is 10.2 Å². The Morgan fingerprint density at radius 3 is 2.34 bits per heavy atom. The summed E-state index contributed by atoms with van der Waals surface area (Å²) >= 11 is 1.47. The van der Waals surface area contributed by atoms with Crippen molar-refractivity contribution in [3.05, 3.63) is 90.0 Å². The topological polar surface area (TPSA) is 58.4 Å². The van der Waals surface area contributed by atoms with Crippen LogP contribution in [0.3, 0.4) is 0 Å². The summed E-state index contributed by atoms with van der Waals surface area (Å²) in [5, 5.41) is 9.16. The summed E-state index contributed by atoms with van der Waals surface area (Å²) < 4.78 is 32.7. The molecule has 6 nitrogen and oxygen atoms in total. The second kappa shape index (κ2) is 10.2. The van der Waals surface area contributed by atoms with E-state index in [-0.39, 0.29) is 12.4 Å². The van der Waals surface area contributed by atoms with E-state index in [1.165, 1.54) is 17.8 Å². The quantitative estimate of drug-likeness (QED) is 0.322. The summed E-state index contributed by atoms with van der Waals surface area (Å²) in [5.74, 6) is 2.94. The van der Waals surface area contributed by atoms with E-state index in [4.69, 9.17) is 14.2 Å². The third kappa shape index (κ3) is 5.03. The van der Waals surface area contributed by atoms with Crippen molar-refractivity contribution in [1.29, 1.82) is 0 Å². The van der Waals surface area contributed by atoms with Gasteiger partial charge in [0, 0.05) is 5.75 Å². The summed E-state index contributed by atoms with van der Waals surface area (Å²) in [7, 11) is 3.24. The van der Waals surface area contributed by atoms with Crippen LogP contribution in [0.1, 0.15) is 11.4 Å². The van der Waals surface area contributed by atoms with E-state index >= 15 is 0 Å². The molecule has 0 saturated carbocycles. The Hall–Kier alpha value is -3.52. The highest BCUT2D eigenvalue weighted by molar-refractivity contribution is 7.98. The molecule has 8 heteroatoms. The summed E-state index contributed by atoms with van der Waals surface area (Å²) in [5.41, 5.74) is 1.44. The van der Waals surface area contributed by atoms with Crippen LogP contribution in [0.15, 0.2) is 78.0 Å². The Morgan fingerprint density at radius 2 is 1.59 bits per heavy atom. The van der Waals surface area contributed by atoms with Crippen molar-refractivity contribution in [1.82, 2.24) is 14.8 Å². The van der Waals surface area contributed by atoms with Crippen LogP contribution in [0.25, 0.3) is 5.69 Å². The maximum absolute atomic E-state index is 14.7. The van der Waals surface area contributed by atoms with Crippen LogP contribution >= 0.6 is 11.8 Å². The van der Waals surface area contributed by atoms with Crippen molar-refractivity contribution in [2.75, 3.05) is 14.2 Å². The zero-order valence-corrected chi connectivity index (χ0v) is 18.5. The Labute approximate surface area is 190 Å². The van der Waals surface area contributed by atoms with Crippen molar-refractivity contribution in [3.8, 4) is 22.9 Å². The standard InChI is InChI=1S/C24H22FN3O3S/c1-29-18-10-12-19(13-11-18)31-15-23-26-27-24(28(23)22-9-4-3-8-21(22)25)32-16-17-6-5-7-20(14-17)30-2/h3-14H,15-16H2,1-2H3. The molecule has 0 aliphatic rings. The van der Waals surface area contributed by atoms with Gasteiger partial charge in [0.1, 0.15) is 29.7 Å². The number of hydrogen-bond donors (Lipinski definition) is 0. The number of halogens is 1. The van der Waals surface area contributed by atoms with E-state index in [0.717, 1.165) is 17.1 Å². The highest BCUT2D eigenvalue weighted by Gasteiger charge is 2.18. The Kier molecular flexibility index (Phi) is 6.91. The predicted octanol–water partition coefficient (Wildman–Crippen LogP) is 5.29. The van der Waals surface area contributed by atoms with Gasteiger partial charge in [0.05, 0.1) is 19.9 Å². The fourth-order valence-corrected chi connectivity index (χ4v) is 4.00. The first kappa shape index (κ1) is 21.7. The lowest BCUT2D eigenvalue weighted by molar-refractivity contribution is 0.292. The summed E-state index contributed by atoms with van der Waals surface area (Å²) in [4.78, 5) is 0. The molecular formula is C24H22FN3O3S. The molecule has 0 radical (unpaired) electrons. The predicted molar refractivity (Wildman–Crippen MR) is 121 cm³/mol. The summed E-state index contributed by atoms with van der Waals surface area (Å²) in [6.07, 6.45) is 0. The van der Waals surface area contributed by atoms with Crippen molar-refractivity contribution in [3.63, 3.8) is 0 Å². The molecule has 4 rings (SSSR count). The van der Waals surface area contributed by atoms with E-state index < -0.39 is 0 Å². The van der Waals surface area contributed by atoms with Gasteiger partial charge in [0.15, 0.2) is 11.0 Å². The van der Waals surface area contributed by atoms with Crippen molar-refractivity contribution < 1.29 is 18.6 Å². The van der Waals surface area contributed by atoms with Crippen LogP contribution in [0, 0.1) is 5.82 Å². The van der Waals surface area contributed by atoms with E-state index in [0.29, 0.717) is 28.2 Å². The largest absolute Gasteiger partial charge is 0.497 e. The molecule has 0 spiro atoms. The van der Waals surface area contributed by atoms with Crippen molar-refractivity contribution >= 4 is 11.8 Å². The lowest BCUT2D eigenvalue weighted by Crippen LogP contribution is -2.08. The molecule has 0 bridgehead atoms. The third-order valence-corrected chi connectivity index (χ3v) is 5.72. The first-order chi connectivity index (χ1) is 15.7. The zero-order chi connectivity index (χ0) is 22.3. The molecule has 1 aromatic heterocycles. The van der Waals surface area contributed by atoms with Crippen LogP contribution in [-0.2, 0) is 12.4 Å². The number of ether oxygens (including phenoxy) is 3. The number of methoxy groups -OCH3 is 2. The molecule has 0 atom stereocenters. The minimum Gasteiger partial charge on any atom is -0.497 e. The Morgan fingerprint density at radius 1 is 0.844 bits per heavy atom. The minimum absolute atomic E-state index is 0.132. The van der Waals surface area contributed by atoms with Crippen LogP contribution in [-0.4, -0.2) is 29.0 Å². The zero-order valence-electron chi connectivity index (χ0n) is 17.7. The van der Waals surface area contributed by atoms with Crippen molar-refractivity contribution in [2.24, 2.45) is 0 Å². The van der Waals surface area contributed by atoms with E-state index in [1.54, 1.807) is 49.1 Å². The van der Waals surface area contributed by atoms with Gasteiger partial charge in [0.25, 0.3) is 0 Å². The van der Waals surface area contributed by atoms with Gasteiger partial charge in [0.2, 0.25) is 0 Å². The SMILES string of the molecule is COc1ccc(OCc2nnc(SCc3cccc(OC)c3)n2-c2ccccc2F)cc1. The van der Waals surface area contributed by atoms with Gasteiger partial charge >= 0.3 is 0 Å². The molecular weight excluding hydrogens is 429 g/mol. The molecule has 32 heavy (non-hydrogen) atoms. The van der Waals surface area contributed by atoms with Gasteiger partial charge in [-0.25, -0.2) is 4.39 Å². The number of nitrogens with zero attached hydrogens (tertiary/aromatic N) is 3. The molecule has 0 saturated heterocycles. The lowest BCUT2D eigenvalue weighted by atomic mass is 10.2. The smallest absolute Gasteiger partial charge is 0.196 e. The number of benzene rings is 3. The lowest BCUT2D eigenvalue weighted by Gasteiger charge is -2.12. The molecule has 164 valence electrons. The molecule has 1 heterocycles. The van der Waals surface area contributed by atoms with E-state index in [9.17, 15) is 4.39 Å². The van der Waals surface area contributed by atoms with Gasteiger partial charge in [-0.15, -0.1) is 10.2 Å². The molecule has 3 aromatic carbocycles. The van der Waals surface area contributed by atoms with Gasteiger partial charge in [-0.1, -0.05) is 36.0 Å². The first-order valence-corrected chi connectivity index (χ1v) is 10.9. The number of rotatable bonds is 9. The van der Waals surface area contributed by atoms with Crippen LogP contribution in [0.5, 0.6) is 17.2 Å². The second-order valence-corrected chi connectivity index (χ2v) is 7.73. The van der Waals surface area contributed by atoms with Crippen LogP contribution < -0.4 is 14.2 Å². The van der Waals surface area contributed by atoms with E-state index in [1.807, 2.05) is 36.4 Å². The second-order valence-electron chi connectivity index (χ2n) is 6.79. The molecule has 0 aliphatic carbocycles. The molecule has 4 aromatic rings. The Balaban J connectivity index is 1.58.